The highest BCUT2D eigenvalue weighted by Crippen LogP contribution is 2.20. The second-order valence-electron chi connectivity index (χ2n) is 13.4. The van der Waals surface area contributed by atoms with E-state index in [2.05, 4.69) is 51.7 Å². The molecule has 10 N–H and O–H groups in total. The molecule has 18 heteroatoms. The molecule has 0 aromatic rings. The third-order valence-electron chi connectivity index (χ3n) is 7.29. The average Bonchev–Trinajstić information content (AvgIpc) is 3.77. The summed E-state index contributed by atoms with van der Waals surface area (Å²) in [5, 5.41) is 83.6. The van der Waals surface area contributed by atoms with Crippen LogP contribution in [0, 0.1) is 0 Å². The zero-order chi connectivity index (χ0) is 35.5. The van der Waals surface area contributed by atoms with Crippen molar-refractivity contribution < 1.29 is 40.2 Å². The zero-order valence-electron chi connectivity index (χ0n) is 28.3. The molecule has 0 aliphatic carbocycles. The summed E-state index contributed by atoms with van der Waals surface area (Å²) < 4.78 is 0. The minimum atomic E-state index is -1.64. The fourth-order valence-electron chi connectivity index (χ4n) is 3.63. The maximum absolute atomic E-state index is 12.4. The molecule has 2 amide bonds. The van der Waals surface area contributed by atoms with E-state index in [1.165, 1.54) is 27.7 Å². The molecule has 0 radical (unpaired) electrons. The molecule has 0 fully saturated rings. The van der Waals surface area contributed by atoms with Crippen LogP contribution in [0.2, 0.25) is 0 Å². The smallest absolute Gasteiger partial charge is 0.249 e. The predicted molar refractivity (Wildman–Crippen MR) is 171 cm³/mol. The van der Waals surface area contributed by atoms with Gasteiger partial charge in [-0.1, -0.05) is 0 Å². The van der Waals surface area contributed by atoms with Crippen LogP contribution in [0.25, 0.3) is 0 Å². The fourth-order valence-corrected chi connectivity index (χ4v) is 3.63. The van der Waals surface area contributed by atoms with Crippen LogP contribution < -0.4 is 21.3 Å². The summed E-state index contributed by atoms with van der Waals surface area (Å²) in [6.07, 6.45) is 0. The van der Waals surface area contributed by atoms with Crippen LogP contribution in [-0.4, -0.2) is 153 Å². The molecule has 0 atom stereocenters. The van der Waals surface area contributed by atoms with E-state index >= 15 is 0 Å². The maximum Gasteiger partial charge on any atom is 0.249 e. The maximum atomic E-state index is 12.4. The fraction of sp³-hybridized carbons (Fsp3) is 0.857. The molecule has 0 saturated carbocycles. The lowest BCUT2D eigenvalue weighted by Crippen LogP contribution is -2.61. The number of rotatable bonds is 16. The van der Waals surface area contributed by atoms with Gasteiger partial charge in [0.15, 0.2) is 11.1 Å². The molecular formula is C28H54N10O8. The van der Waals surface area contributed by atoms with Crippen LogP contribution in [0.3, 0.4) is 0 Å². The van der Waals surface area contributed by atoms with E-state index < -0.39 is 84.7 Å². The zero-order valence-corrected chi connectivity index (χ0v) is 28.3. The molecule has 0 saturated heterocycles. The largest absolute Gasteiger partial charge is 0.394 e. The SMILES string of the molecule is CC(C)(N=NC(C)(C)C(=O)NC(CO)(CO)CO)C(=O)NC(CO)(CO)CO.CC(C)(N=NC(C)(C)C1=NCCN1)C1=NCCN1. The summed E-state index contributed by atoms with van der Waals surface area (Å²) in [5.41, 5.74) is -7.12. The molecule has 2 heterocycles. The minimum Gasteiger partial charge on any atom is -0.394 e. The number of azo groups is 2. The van der Waals surface area contributed by atoms with E-state index in [0.717, 1.165) is 37.9 Å². The predicted octanol–water partition coefficient (Wildman–Crippen LogP) is -2.34. The molecular weight excluding hydrogens is 604 g/mol. The van der Waals surface area contributed by atoms with Gasteiger partial charge in [-0.2, -0.15) is 20.5 Å². The van der Waals surface area contributed by atoms with Crippen LogP contribution in [0.5, 0.6) is 0 Å². The van der Waals surface area contributed by atoms with Crippen LogP contribution in [0.15, 0.2) is 30.4 Å². The molecule has 0 aromatic heterocycles. The van der Waals surface area contributed by atoms with Crippen molar-refractivity contribution in [3.63, 3.8) is 0 Å². The van der Waals surface area contributed by atoms with Gasteiger partial charge in [-0.25, -0.2) is 0 Å². The van der Waals surface area contributed by atoms with E-state index in [4.69, 9.17) is 0 Å². The number of hydrogen-bond donors (Lipinski definition) is 10. The highest BCUT2D eigenvalue weighted by molar-refractivity contribution is 5.93. The third kappa shape index (κ3) is 11.0. The first-order valence-electron chi connectivity index (χ1n) is 15.0. The van der Waals surface area contributed by atoms with Crippen molar-refractivity contribution in [2.45, 2.75) is 88.6 Å². The Hall–Kier alpha value is -3.16. The molecule has 46 heavy (non-hydrogen) atoms. The number of amidine groups is 2. The summed E-state index contributed by atoms with van der Waals surface area (Å²) in [5.74, 6) is 0.312. The Bertz CT molecular complexity index is 1040. The van der Waals surface area contributed by atoms with Crippen LogP contribution in [0.4, 0.5) is 0 Å². The van der Waals surface area contributed by atoms with Crippen molar-refractivity contribution in [1.29, 1.82) is 0 Å². The van der Waals surface area contributed by atoms with E-state index in [0.29, 0.717) is 0 Å². The van der Waals surface area contributed by atoms with Gasteiger partial charge in [0, 0.05) is 13.1 Å². The molecule has 0 unspecified atom stereocenters. The van der Waals surface area contributed by atoms with Gasteiger partial charge in [0.05, 0.1) is 52.7 Å². The molecule has 264 valence electrons. The Balaban J connectivity index is 0.000000501. The van der Waals surface area contributed by atoms with Gasteiger partial charge in [-0.15, -0.1) is 0 Å². The number of carbonyl (C=O) groups is 2. The van der Waals surface area contributed by atoms with Crippen molar-refractivity contribution in [1.82, 2.24) is 21.3 Å². The molecule has 18 nitrogen and oxygen atoms in total. The van der Waals surface area contributed by atoms with Gasteiger partial charge in [0.2, 0.25) is 11.8 Å². The molecule has 2 aliphatic rings. The number of carbonyl (C=O) groups excluding carboxylic acids is 2. The van der Waals surface area contributed by atoms with Crippen molar-refractivity contribution in [3.05, 3.63) is 0 Å². The number of nitrogens with one attached hydrogen (secondary N) is 4. The standard InChI is InChI=1S/C16H32N4O8.C12H22N6/c1-13(2,11(27)17-15(5-21,6-22)7-23)19-20-14(3,4)12(28)18-16(8-24,9-25)10-26;1-11(2,9-13-5-6-14-9)17-18-12(3,4)10-15-7-8-16-10/h21-26H,5-10H2,1-4H3,(H,17,27)(H,18,28);5-8H2,1-4H3,(H,13,14)(H,15,16). The van der Waals surface area contributed by atoms with E-state index in [1.54, 1.807) is 0 Å². The van der Waals surface area contributed by atoms with Crippen molar-refractivity contribution in [2.75, 3.05) is 65.8 Å². The number of aliphatic hydroxyl groups is 6. The second kappa shape index (κ2) is 16.6. The number of aliphatic hydroxyl groups excluding tert-OH is 6. The molecule has 0 bridgehead atoms. The molecule has 2 aliphatic heterocycles. The highest BCUT2D eigenvalue weighted by Gasteiger charge is 2.40. The topological polar surface area (TPSA) is 278 Å². The van der Waals surface area contributed by atoms with Gasteiger partial charge >= 0.3 is 0 Å². The monoisotopic (exact) mass is 658 g/mol. The van der Waals surface area contributed by atoms with Crippen LogP contribution in [0.1, 0.15) is 55.4 Å². The highest BCUT2D eigenvalue weighted by atomic mass is 16.3. The Morgan fingerprint density at radius 2 is 0.870 bits per heavy atom. The lowest BCUT2D eigenvalue weighted by molar-refractivity contribution is -0.131. The van der Waals surface area contributed by atoms with Crippen molar-refractivity contribution in [2.24, 2.45) is 30.4 Å². The number of hydrogen-bond acceptors (Lipinski definition) is 16. The number of nitrogens with zero attached hydrogens (tertiary/aromatic N) is 6. The first kappa shape index (κ1) is 40.9. The van der Waals surface area contributed by atoms with Crippen LogP contribution in [-0.2, 0) is 9.59 Å². The average molecular weight is 659 g/mol. The van der Waals surface area contributed by atoms with E-state index in [-0.39, 0.29) is 0 Å². The lowest BCUT2D eigenvalue weighted by atomic mass is 9.98. The van der Waals surface area contributed by atoms with Gasteiger partial charge in [-0.05, 0) is 55.4 Å². The molecule has 0 aromatic carbocycles. The summed E-state index contributed by atoms with van der Waals surface area (Å²) >= 11 is 0. The van der Waals surface area contributed by atoms with Crippen molar-refractivity contribution >= 4 is 23.5 Å². The Morgan fingerprint density at radius 1 is 0.587 bits per heavy atom. The first-order chi connectivity index (χ1) is 21.2. The minimum absolute atomic E-state index is 0.396. The summed E-state index contributed by atoms with van der Waals surface area (Å²) in [4.78, 5) is 33.7. The summed E-state index contributed by atoms with van der Waals surface area (Å²) in [6.45, 7) is 12.8. The third-order valence-corrected chi connectivity index (χ3v) is 7.29. The van der Waals surface area contributed by atoms with Gasteiger partial charge < -0.3 is 51.9 Å². The van der Waals surface area contributed by atoms with Gasteiger partial charge in [-0.3, -0.25) is 19.6 Å². The molecule has 2 rings (SSSR count). The number of aliphatic imine (C=N–C) groups is 2. The Labute approximate surface area is 270 Å². The van der Waals surface area contributed by atoms with Crippen LogP contribution >= 0.6 is 0 Å². The van der Waals surface area contributed by atoms with Crippen molar-refractivity contribution in [3.8, 4) is 0 Å². The second-order valence-corrected chi connectivity index (χ2v) is 13.4. The lowest BCUT2D eigenvalue weighted by Gasteiger charge is -2.33. The summed E-state index contributed by atoms with van der Waals surface area (Å²) in [7, 11) is 0. The number of amides is 2. The Kier molecular flexibility index (Phi) is 14.7. The summed E-state index contributed by atoms with van der Waals surface area (Å²) in [6, 6.07) is 0. The van der Waals surface area contributed by atoms with Gasteiger partial charge in [0.25, 0.3) is 0 Å². The molecule has 0 spiro atoms. The van der Waals surface area contributed by atoms with E-state index in [9.17, 15) is 40.2 Å². The normalized spacial score (nSPS) is 16.4. The first-order valence-corrected chi connectivity index (χ1v) is 15.0. The van der Waals surface area contributed by atoms with E-state index in [1.807, 2.05) is 27.7 Å². The Morgan fingerprint density at radius 3 is 1.09 bits per heavy atom. The quantitative estimate of drug-likeness (QED) is 0.0789. The van der Waals surface area contributed by atoms with Gasteiger partial charge in [0.1, 0.15) is 33.8 Å².